The number of nitrogens with one attached hydrogen (secondary N) is 1. The Morgan fingerprint density at radius 1 is 1.05 bits per heavy atom. The van der Waals surface area contributed by atoms with Crippen LogP contribution in [0.1, 0.15) is 5.56 Å². The van der Waals surface area contributed by atoms with Gasteiger partial charge >= 0.3 is 6.03 Å². The molecule has 0 bridgehead atoms. The van der Waals surface area contributed by atoms with Crippen molar-refractivity contribution in [1.82, 2.24) is 9.88 Å². The second-order valence-corrected chi connectivity index (χ2v) is 5.15. The number of anilines is 1. The molecule has 0 unspecified atom stereocenters. The van der Waals surface area contributed by atoms with Crippen molar-refractivity contribution in [3.63, 3.8) is 0 Å². The van der Waals surface area contributed by atoms with Gasteiger partial charge in [0.15, 0.2) is 0 Å². The number of nitrogens with zero attached hydrogens (tertiary/aromatic N) is 2. The molecular weight excluding hydrogens is 274 g/mol. The maximum atomic E-state index is 12.4. The van der Waals surface area contributed by atoms with Crippen LogP contribution in [0.4, 0.5) is 10.5 Å². The zero-order valence-corrected chi connectivity index (χ0v) is 12.4. The molecule has 0 radical (unpaired) electrons. The van der Waals surface area contributed by atoms with Gasteiger partial charge < -0.3 is 10.2 Å². The lowest BCUT2D eigenvalue weighted by atomic mass is 10.2. The second kappa shape index (κ2) is 6.26. The molecule has 0 aliphatic carbocycles. The summed E-state index contributed by atoms with van der Waals surface area (Å²) in [5.41, 5.74) is 2.74. The summed E-state index contributed by atoms with van der Waals surface area (Å²) in [4.78, 5) is 18.3. The van der Waals surface area contributed by atoms with Crippen LogP contribution in [0, 0.1) is 0 Å². The zero-order valence-electron chi connectivity index (χ0n) is 12.4. The van der Waals surface area contributed by atoms with Crippen LogP contribution < -0.4 is 5.32 Å². The molecule has 22 heavy (non-hydrogen) atoms. The van der Waals surface area contributed by atoms with E-state index in [1.54, 1.807) is 18.1 Å². The van der Waals surface area contributed by atoms with Crippen LogP contribution in [-0.2, 0) is 6.54 Å². The van der Waals surface area contributed by atoms with Crippen molar-refractivity contribution in [1.29, 1.82) is 0 Å². The van der Waals surface area contributed by atoms with Gasteiger partial charge in [0, 0.05) is 25.2 Å². The van der Waals surface area contributed by atoms with Crippen molar-refractivity contribution in [2.45, 2.75) is 6.54 Å². The molecule has 4 nitrogen and oxygen atoms in total. The third-order valence-electron chi connectivity index (χ3n) is 3.50. The first-order valence-electron chi connectivity index (χ1n) is 7.14. The fourth-order valence-electron chi connectivity index (χ4n) is 2.35. The largest absolute Gasteiger partial charge is 0.323 e. The summed E-state index contributed by atoms with van der Waals surface area (Å²) in [5, 5.41) is 3.89. The number of amides is 2. The maximum absolute atomic E-state index is 12.4. The number of rotatable bonds is 3. The van der Waals surface area contributed by atoms with Crippen molar-refractivity contribution in [3.05, 3.63) is 72.4 Å². The molecule has 0 aliphatic heterocycles. The lowest BCUT2D eigenvalue weighted by molar-refractivity contribution is 0.220. The molecule has 0 fully saturated rings. The monoisotopic (exact) mass is 291 g/mol. The lowest BCUT2D eigenvalue weighted by Gasteiger charge is -2.18. The molecule has 110 valence electrons. The third kappa shape index (κ3) is 3.06. The van der Waals surface area contributed by atoms with Gasteiger partial charge in [0.05, 0.1) is 11.2 Å². The fourth-order valence-corrected chi connectivity index (χ4v) is 2.35. The van der Waals surface area contributed by atoms with Crippen LogP contribution in [0.15, 0.2) is 66.9 Å². The summed E-state index contributed by atoms with van der Waals surface area (Å²) in [7, 11) is 1.78. The second-order valence-electron chi connectivity index (χ2n) is 5.15. The van der Waals surface area contributed by atoms with Crippen LogP contribution in [0.25, 0.3) is 10.9 Å². The van der Waals surface area contributed by atoms with Crippen molar-refractivity contribution >= 4 is 22.6 Å². The van der Waals surface area contributed by atoms with Crippen LogP contribution in [0.5, 0.6) is 0 Å². The Kier molecular flexibility index (Phi) is 4.01. The predicted octanol–water partition coefficient (Wildman–Crippen LogP) is 3.90. The molecule has 4 heteroatoms. The van der Waals surface area contributed by atoms with Gasteiger partial charge in [-0.1, -0.05) is 36.4 Å². The minimum absolute atomic E-state index is 0.139. The SMILES string of the molecule is CN(Cc1ccccc1)C(=O)Nc1cccc2ncccc12. The van der Waals surface area contributed by atoms with E-state index in [4.69, 9.17) is 0 Å². The Morgan fingerprint density at radius 3 is 2.68 bits per heavy atom. The quantitative estimate of drug-likeness (QED) is 0.795. The number of aromatic nitrogens is 1. The van der Waals surface area contributed by atoms with E-state index in [2.05, 4.69) is 10.3 Å². The van der Waals surface area contributed by atoms with E-state index in [1.807, 2.05) is 60.7 Å². The minimum Gasteiger partial charge on any atom is -0.323 e. The molecule has 2 aromatic carbocycles. The number of hydrogen-bond donors (Lipinski definition) is 1. The van der Waals surface area contributed by atoms with Gasteiger partial charge in [0.25, 0.3) is 0 Å². The van der Waals surface area contributed by atoms with E-state index in [0.29, 0.717) is 6.54 Å². The number of hydrogen-bond acceptors (Lipinski definition) is 2. The van der Waals surface area contributed by atoms with Gasteiger partial charge in [-0.15, -0.1) is 0 Å². The molecule has 2 amide bonds. The van der Waals surface area contributed by atoms with E-state index in [1.165, 1.54) is 0 Å². The molecule has 3 aromatic rings. The number of pyridine rings is 1. The highest BCUT2D eigenvalue weighted by molar-refractivity contribution is 6.00. The first kappa shape index (κ1) is 14.1. The van der Waals surface area contributed by atoms with E-state index >= 15 is 0 Å². The van der Waals surface area contributed by atoms with Gasteiger partial charge in [-0.2, -0.15) is 0 Å². The Morgan fingerprint density at radius 2 is 1.86 bits per heavy atom. The normalized spacial score (nSPS) is 10.4. The van der Waals surface area contributed by atoms with Gasteiger partial charge in [0.2, 0.25) is 0 Å². The lowest BCUT2D eigenvalue weighted by Crippen LogP contribution is -2.30. The topological polar surface area (TPSA) is 45.2 Å². The first-order valence-corrected chi connectivity index (χ1v) is 7.14. The number of benzene rings is 2. The molecule has 0 aliphatic rings. The van der Waals surface area contributed by atoms with E-state index in [-0.39, 0.29) is 6.03 Å². The number of urea groups is 1. The Labute approximate surface area is 129 Å². The summed E-state index contributed by atoms with van der Waals surface area (Å²) in [6.07, 6.45) is 1.75. The predicted molar refractivity (Wildman–Crippen MR) is 88.7 cm³/mol. The Balaban J connectivity index is 1.75. The van der Waals surface area contributed by atoms with Crippen LogP contribution >= 0.6 is 0 Å². The highest BCUT2D eigenvalue weighted by atomic mass is 16.2. The Hall–Kier alpha value is -2.88. The van der Waals surface area contributed by atoms with Crippen molar-refractivity contribution in [2.75, 3.05) is 12.4 Å². The van der Waals surface area contributed by atoms with Crippen LogP contribution in [-0.4, -0.2) is 23.0 Å². The summed E-state index contributed by atoms with van der Waals surface area (Å²) >= 11 is 0. The van der Waals surface area contributed by atoms with Crippen LogP contribution in [0.3, 0.4) is 0 Å². The maximum Gasteiger partial charge on any atom is 0.321 e. The smallest absolute Gasteiger partial charge is 0.321 e. The molecule has 0 saturated heterocycles. The standard InChI is InChI=1S/C18H17N3O/c1-21(13-14-7-3-2-4-8-14)18(22)20-17-11-5-10-16-15(17)9-6-12-19-16/h2-12H,13H2,1H3,(H,20,22). The molecule has 0 spiro atoms. The molecule has 1 N–H and O–H groups in total. The molecule has 1 heterocycles. The summed E-state index contributed by atoms with van der Waals surface area (Å²) in [5.74, 6) is 0. The van der Waals surface area contributed by atoms with E-state index in [0.717, 1.165) is 22.2 Å². The van der Waals surface area contributed by atoms with E-state index in [9.17, 15) is 4.79 Å². The van der Waals surface area contributed by atoms with Crippen molar-refractivity contribution < 1.29 is 4.79 Å². The summed E-state index contributed by atoms with van der Waals surface area (Å²) in [6.45, 7) is 0.565. The van der Waals surface area contributed by atoms with Crippen LogP contribution in [0.2, 0.25) is 0 Å². The van der Waals surface area contributed by atoms with Gasteiger partial charge in [-0.25, -0.2) is 4.79 Å². The number of fused-ring (bicyclic) bond motifs is 1. The molecule has 0 saturated carbocycles. The average Bonchev–Trinajstić information content (AvgIpc) is 2.56. The van der Waals surface area contributed by atoms with Gasteiger partial charge in [0.1, 0.15) is 0 Å². The molecule has 1 aromatic heterocycles. The fraction of sp³-hybridized carbons (Fsp3) is 0.111. The van der Waals surface area contributed by atoms with Crippen molar-refractivity contribution in [3.8, 4) is 0 Å². The van der Waals surface area contributed by atoms with E-state index < -0.39 is 0 Å². The third-order valence-corrected chi connectivity index (χ3v) is 3.50. The summed E-state index contributed by atoms with van der Waals surface area (Å²) in [6, 6.07) is 19.3. The molecular formula is C18H17N3O. The van der Waals surface area contributed by atoms with Gasteiger partial charge in [-0.05, 0) is 29.8 Å². The molecule has 0 atom stereocenters. The average molecular weight is 291 g/mol. The highest BCUT2D eigenvalue weighted by Gasteiger charge is 2.11. The first-order chi connectivity index (χ1) is 10.7. The number of carbonyl (C=O) groups excluding carboxylic acids is 1. The highest BCUT2D eigenvalue weighted by Crippen LogP contribution is 2.21. The minimum atomic E-state index is -0.139. The Bertz CT molecular complexity index is 781. The summed E-state index contributed by atoms with van der Waals surface area (Å²) < 4.78 is 0. The molecule has 3 rings (SSSR count). The van der Waals surface area contributed by atoms with Gasteiger partial charge in [-0.3, -0.25) is 4.98 Å². The van der Waals surface area contributed by atoms with Crippen molar-refractivity contribution in [2.24, 2.45) is 0 Å². The number of carbonyl (C=O) groups is 1. The zero-order chi connectivity index (χ0) is 15.4.